The largest absolute Gasteiger partial charge is 0.466 e. The highest BCUT2D eigenvalue weighted by molar-refractivity contribution is 7.86. The Labute approximate surface area is 154 Å². The van der Waals surface area contributed by atoms with Crippen LogP contribution in [0.5, 0.6) is 0 Å². The summed E-state index contributed by atoms with van der Waals surface area (Å²) in [7, 11) is -6.25. The van der Waals surface area contributed by atoms with Crippen LogP contribution < -0.4 is 0 Å². The molecule has 0 spiro atoms. The Balaban J connectivity index is 3.41. The molecule has 1 aliphatic heterocycles. The van der Waals surface area contributed by atoms with Crippen LogP contribution in [0, 0.1) is 0 Å². The molecule has 28 heavy (non-hydrogen) atoms. The van der Waals surface area contributed by atoms with E-state index >= 15 is 0 Å². The van der Waals surface area contributed by atoms with Crippen LogP contribution >= 0.6 is 0 Å². The van der Waals surface area contributed by atoms with E-state index in [-0.39, 0.29) is 25.9 Å². The Kier molecular flexibility index (Phi) is 7.12. The van der Waals surface area contributed by atoms with Gasteiger partial charge in [0.1, 0.15) is 6.61 Å². The van der Waals surface area contributed by atoms with Crippen molar-refractivity contribution in [1.29, 1.82) is 0 Å². The molecular weight excluding hydrogens is 428 g/mol. The van der Waals surface area contributed by atoms with Gasteiger partial charge in [-0.15, -0.1) is 0 Å². The van der Waals surface area contributed by atoms with Gasteiger partial charge in [0.05, 0.1) is 0 Å². The van der Waals surface area contributed by atoms with Crippen molar-refractivity contribution in [3.8, 4) is 0 Å². The van der Waals surface area contributed by atoms with Crippen LogP contribution in [0.2, 0.25) is 0 Å². The van der Waals surface area contributed by atoms with Crippen molar-refractivity contribution in [3.05, 3.63) is 12.4 Å². The first-order valence-electron chi connectivity index (χ1n) is 7.48. The van der Waals surface area contributed by atoms with E-state index in [4.69, 9.17) is 4.55 Å². The predicted molar refractivity (Wildman–Crippen MR) is 78.0 cm³/mol. The third-order valence-electron chi connectivity index (χ3n) is 3.58. The highest BCUT2D eigenvalue weighted by Crippen LogP contribution is 2.39. The van der Waals surface area contributed by atoms with Gasteiger partial charge in [-0.3, -0.25) is 9.35 Å². The number of ether oxygens (including phenoxy) is 2. The van der Waals surface area contributed by atoms with E-state index in [1.807, 2.05) is 0 Å². The molecule has 1 unspecified atom stereocenters. The summed E-state index contributed by atoms with van der Waals surface area (Å²) >= 11 is 0. The van der Waals surface area contributed by atoms with E-state index in [0.29, 0.717) is 11.3 Å². The molecule has 1 rings (SSSR count). The molecule has 0 aliphatic carbocycles. The number of hydrogen-bond donors (Lipinski definition) is 1. The highest BCUT2D eigenvalue weighted by atomic mass is 32.2. The number of halogens is 6. The molecule has 162 valence electrons. The zero-order valence-corrected chi connectivity index (χ0v) is 14.8. The number of amides is 1. The van der Waals surface area contributed by atoms with Gasteiger partial charge in [0.15, 0.2) is 0 Å². The third-order valence-corrected chi connectivity index (χ3v) is 4.45. The Bertz CT molecular complexity index is 732. The van der Waals surface area contributed by atoms with Crippen molar-refractivity contribution in [1.82, 2.24) is 4.90 Å². The smallest absolute Gasteiger partial charge is 0.410 e. The fourth-order valence-corrected chi connectivity index (χ4v) is 2.35. The predicted octanol–water partition coefficient (Wildman–Crippen LogP) is 1.78. The summed E-state index contributed by atoms with van der Waals surface area (Å²) in [5, 5.41) is -5.30. The first-order chi connectivity index (χ1) is 12.6. The Morgan fingerprint density at radius 1 is 1.07 bits per heavy atom. The molecule has 0 saturated carbocycles. The normalized spacial score (nSPS) is 18.3. The molecular formula is C13H15F6NO7S. The summed E-state index contributed by atoms with van der Waals surface area (Å²) in [6.07, 6.45) is -5.04. The van der Waals surface area contributed by atoms with Gasteiger partial charge < -0.3 is 14.4 Å². The van der Waals surface area contributed by atoms with Gasteiger partial charge in [0.25, 0.3) is 0 Å². The molecule has 0 aromatic rings. The minimum Gasteiger partial charge on any atom is -0.410 e. The van der Waals surface area contributed by atoms with Crippen LogP contribution in [0.25, 0.3) is 0 Å². The lowest BCUT2D eigenvalue weighted by molar-refractivity contribution is -0.356. The second kappa shape index (κ2) is 8.24. The van der Waals surface area contributed by atoms with Crippen LogP contribution in [-0.4, -0.2) is 66.7 Å². The van der Waals surface area contributed by atoms with E-state index in [9.17, 15) is 44.3 Å². The fraction of sp³-hybridized carbons (Fsp3) is 0.692. The average molecular weight is 443 g/mol. The molecule has 1 atom stereocenters. The number of piperidine rings is 1. The van der Waals surface area contributed by atoms with E-state index in [2.05, 4.69) is 16.1 Å². The molecule has 1 saturated heterocycles. The zero-order valence-electron chi connectivity index (χ0n) is 14.0. The van der Waals surface area contributed by atoms with Crippen LogP contribution in [0.4, 0.5) is 26.3 Å². The third kappa shape index (κ3) is 5.14. The number of rotatable bonds is 7. The lowest BCUT2D eigenvalue weighted by Crippen LogP contribution is -2.63. The van der Waals surface area contributed by atoms with Crippen LogP contribution in [0.15, 0.2) is 12.4 Å². The van der Waals surface area contributed by atoms with Gasteiger partial charge in [0, 0.05) is 13.1 Å². The highest BCUT2D eigenvalue weighted by Gasteiger charge is 2.69. The van der Waals surface area contributed by atoms with E-state index < -0.39 is 51.6 Å². The van der Waals surface area contributed by atoms with Gasteiger partial charge in [-0.1, -0.05) is 6.58 Å². The quantitative estimate of drug-likeness (QED) is 0.210. The van der Waals surface area contributed by atoms with E-state index in [1.54, 1.807) is 0 Å². The van der Waals surface area contributed by atoms with Crippen LogP contribution in [0.1, 0.15) is 19.3 Å². The van der Waals surface area contributed by atoms with Crippen LogP contribution in [0.3, 0.4) is 0 Å². The van der Waals surface area contributed by atoms with Crippen molar-refractivity contribution in [3.63, 3.8) is 0 Å². The van der Waals surface area contributed by atoms with Crippen molar-refractivity contribution in [2.45, 2.75) is 36.5 Å². The number of hydrogen-bond acceptors (Lipinski definition) is 6. The number of alkyl halides is 5. The van der Waals surface area contributed by atoms with Gasteiger partial charge >= 0.3 is 39.2 Å². The van der Waals surface area contributed by atoms with Crippen molar-refractivity contribution in [2.75, 3.05) is 19.7 Å². The maximum atomic E-state index is 13.6. The first kappa shape index (κ1) is 24.2. The molecule has 1 fully saturated rings. The minimum absolute atomic E-state index is 0.227. The Morgan fingerprint density at radius 3 is 1.96 bits per heavy atom. The Morgan fingerprint density at radius 2 is 1.57 bits per heavy atom. The summed E-state index contributed by atoms with van der Waals surface area (Å²) in [4.78, 5) is 24.2. The maximum Gasteiger partial charge on any atom is 0.466 e. The van der Waals surface area contributed by atoms with Crippen molar-refractivity contribution in [2.24, 2.45) is 0 Å². The van der Waals surface area contributed by atoms with Gasteiger partial charge in [-0.2, -0.15) is 34.8 Å². The SMILES string of the molecule is C=C(F)C(=O)OC(OCC(F)(F)S(=O)(=O)O)(C(=O)N1CCCCC1)C(F)(F)F. The molecule has 1 aliphatic rings. The number of carbonyl (C=O) groups is 2. The van der Waals surface area contributed by atoms with Crippen molar-refractivity contribution < 1.29 is 58.4 Å². The molecule has 1 N–H and O–H groups in total. The topological polar surface area (TPSA) is 110 Å². The second-order valence-corrected chi connectivity index (χ2v) is 7.21. The summed E-state index contributed by atoms with van der Waals surface area (Å²) in [6, 6.07) is 0. The fourth-order valence-electron chi connectivity index (χ4n) is 2.15. The second-order valence-electron chi connectivity index (χ2n) is 5.66. The van der Waals surface area contributed by atoms with Gasteiger partial charge in [-0.25, -0.2) is 4.79 Å². The number of likely N-dealkylation sites (tertiary alicyclic amines) is 1. The number of nitrogens with zero attached hydrogens (tertiary/aromatic N) is 1. The van der Waals surface area contributed by atoms with Crippen molar-refractivity contribution >= 4 is 22.0 Å². The molecule has 8 nitrogen and oxygen atoms in total. The molecule has 0 bridgehead atoms. The lowest BCUT2D eigenvalue weighted by atomic mass is 10.1. The number of carbonyl (C=O) groups excluding carboxylic acids is 2. The minimum atomic E-state index is -6.25. The summed E-state index contributed by atoms with van der Waals surface area (Å²) in [5.41, 5.74) is 0. The molecule has 1 amide bonds. The molecule has 0 aromatic carbocycles. The van der Waals surface area contributed by atoms with Gasteiger partial charge in [-0.05, 0) is 19.3 Å². The van der Waals surface area contributed by atoms with E-state index in [1.165, 1.54) is 0 Å². The zero-order chi connectivity index (χ0) is 22.0. The standard InChI is InChI=1S/C13H15F6NO7S/c1-8(14)9(21)27-12(13(17,18)19,10(22)20-5-3-2-4-6-20)26-7-11(15,16)28(23,24)25/h1-7H2,(H,23,24,25). The Hall–Kier alpha value is -1.87. The van der Waals surface area contributed by atoms with Gasteiger partial charge in [0.2, 0.25) is 5.83 Å². The van der Waals surface area contributed by atoms with E-state index in [0.717, 1.165) is 0 Å². The lowest BCUT2D eigenvalue weighted by Gasteiger charge is -2.38. The monoisotopic (exact) mass is 443 g/mol. The molecule has 0 radical (unpaired) electrons. The maximum absolute atomic E-state index is 13.6. The molecule has 1 heterocycles. The molecule has 0 aromatic heterocycles. The van der Waals surface area contributed by atoms with Crippen LogP contribution in [-0.2, 0) is 29.2 Å². The number of esters is 1. The first-order valence-corrected chi connectivity index (χ1v) is 8.92. The molecule has 15 heteroatoms. The summed E-state index contributed by atoms with van der Waals surface area (Å²) < 4.78 is 118. The summed E-state index contributed by atoms with van der Waals surface area (Å²) in [6.45, 7) is -0.935. The summed E-state index contributed by atoms with van der Waals surface area (Å²) in [5.74, 6) is -11.5. The average Bonchev–Trinajstić information content (AvgIpc) is 2.56.